The molecule has 1 atom stereocenters. The molecule has 0 bridgehead atoms. The number of aromatic nitrogens is 5. The van der Waals surface area contributed by atoms with Crippen LogP contribution in [0.4, 0.5) is 5.69 Å². The standard InChI is InChI=1S/C24H18N6O4/c1-33-21-18(11-16(13-29-21)17-14-25-12-15-5-4-8-27-20(15)17)30-22(31)24(32,23-28-9-10-34-23)19-6-2-3-7-26-19/h2-14,32H,1H3,(H,30,31)/t24-/m0/s1. The summed E-state index contributed by atoms with van der Waals surface area (Å²) >= 11 is 0. The SMILES string of the molecule is COc1ncc(-c2cncc3cccnc23)cc1NC(=O)[C@@](O)(c1ccccn1)c1ncco1. The van der Waals surface area contributed by atoms with Gasteiger partial charge in [-0.15, -0.1) is 0 Å². The van der Waals surface area contributed by atoms with E-state index < -0.39 is 11.5 Å². The molecule has 2 N–H and O–H groups in total. The van der Waals surface area contributed by atoms with Gasteiger partial charge in [0.15, 0.2) is 0 Å². The van der Waals surface area contributed by atoms with Crippen LogP contribution in [0.2, 0.25) is 0 Å². The van der Waals surface area contributed by atoms with Crippen LogP contribution in [-0.4, -0.2) is 43.0 Å². The van der Waals surface area contributed by atoms with E-state index in [1.807, 2.05) is 12.1 Å². The van der Waals surface area contributed by atoms with Gasteiger partial charge in [0.05, 0.1) is 24.5 Å². The van der Waals surface area contributed by atoms with Crippen LogP contribution in [0.15, 0.2) is 84.3 Å². The highest BCUT2D eigenvalue weighted by atomic mass is 16.5. The van der Waals surface area contributed by atoms with E-state index in [9.17, 15) is 9.90 Å². The zero-order chi connectivity index (χ0) is 23.5. The first-order chi connectivity index (χ1) is 16.6. The molecular formula is C24H18N6O4. The highest BCUT2D eigenvalue weighted by Gasteiger charge is 2.46. The summed E-state index contributed by atoms with van der Waals surface area (Å²) in [5.74, 6) is -0.927. The fourth-order valence-corrected chi connectivity index (χ4v) is 3.58. The van der Waals surface area contributed by atoms with Crippen molar-refractivity contribution in [2.75, 3.05) is 12.4 Å². The molecule has 168 valence electrons. The molecule has 0 unspecified atom stereocenters. The Morgan fingerprint density at radius 2 is 1.91 bits per heavy atom. The van der Waals surface area contributed by atoms with Crippen molar-refractivity contribution in [2.24, 2.45) is 0 Å². The molecule has 5 aromatic heterocycles. The smallest absolute Gasteiger partial charge is 0.272 e. The van der Waals surface area contributed by atoms with Crippen molar-refractivity contribution < 1.29 is 19.1 Å². The molecule has 0 aromatic carbocycles. The van der Waals surface area contributed by atoms with Gasteiger partial charge in [-0.25, -0.2) is 9.97 Å². The van der Waals surface area contributed by atoms with Crippen molar-refractivity contribution in [1.82, 2.24) is 24.9 Å². The number of pyridine rings is 4. The Morgan fingerprint density at radius 3 is 2.68 bits per heavy atom. The molecule has 10 nitrogen and oxygen atoms in total. The normalized spacial score (nSPS) is 12.8. The monoisotopic (exact) mass is 454 g/mol. The van der Waals surface area contributed by atoms with E-state index in [1.165, 1.54) is 31.8 Å². The zero-order valence-corrected chi connectivity index (χ0v) is 17.9. The quantitative estimate of drug-likeness (QED) is 0.397. The lowest BCUT2D eigenvalue weighted by Crippen LogP contribution is -2.42. The number of hydrogen-bond donors (Lipinski definition) is 2. The van der Waals surface area contributed by atoms with Crippen LogP contribution in [0.25, 0.3) is 22.0 Å². The van der Waals surface area contributed by atoms with Crippen LogP contribution < -0.4 is 10.1 Å². The Hall–Kier alpha value is -4.70. The molecule has 0 aliphatic rings. The van der Waals surface area contributed by atoms with E-state index in [0.29, 0.717) is 5.56 Å². The lowest BCUT2D eigenvalue weighted by atomic mass is 9.97. The van der Waals surface area contributed by atoms with E-state index >= 15 is 0 Å². The van der Waals surface area contributed by atoms with E-state index in [4.69, 9.17) is 9.15 Å². The van der Waals surface area contributed by atoms with Gasteiger partial charge in [-0.2, -0.15) is 0 Å². The van der Waals surface area contributed by atoms with Crippen LogP contribution in [0.3, 0.4) is 0 Å². The number of aliphatic hydroxyl groups is 1. The van der Waals surface area contributed by atoms with Gasteiger partial charge < -0.3 is 19.6 Å². The number of ether oxygens (including phenoxy) is 1. The molecule has 5 heterocycles. The highest BCUT2D eigenvalue weighted by Crippen LogP contribution is 2.34. The minimum atomic E-state index is -2.30. The number of anilines is 1. The van der Waals surface area contributed by atoms with Crippen LogP contribution in [0.1, 0.15) is 11.6 Å². The third kappa shape index (κ3) is 3.61. The number of hydrogen-bond acceptors (Lipinski definition) is 9. The van der Waals surface area contributed by atoms with Crippen LogP contribution in [-0.2, 0) is 10.4 Å². The molecule has 5 rings (SSSR count). The summed E-state index contributed by atoms with van der Waals surface area (Å²) in [5.41, 5.74) is 0.0571. The van der Waals surface area contributed by atoms with Crippen molar-refractivity contribution in [3.63, 3.8) is 0 Å². The van der Waals surface area contributed by atoms with Gasteiger partial charge in [0.2, 0.25) is 11.8 Å². The Morgan fingerprint density at radius 1 is 1.03 bits per heavy atom. The lowest BCUT2D eigenvalue weighted by molar-refractivity contribution is -0.133. The van der Waals surface area contributed by atoms with E-state index in [1.54, 1.807) is 43.0 Å². The summed E-state index contributed by atoms with van der Waals surface area (Å²) in [4.78, 5) is 34.6. The molecule has 0 spiro atoms. The van der Waals surface area contributed by atoms with Crippen LogP contribution in [0, 0.1) is 0 Å². The van der Waals surface area contributed by atoms with Gasteiger partial charge in [0, 0.05) is 47.5 Å². The average molecular weight is 454 g/mol. The Bertz CT molecular complexity index is 1450. The zero-order valence-electron chi connectivity index (χ0n) is 17.9. The van der Waals surface area contributed by atoms with Crippen molar-refractivity contribution >= 4 is 22.5 Å². The summed E-state index contributed by atoms with van der Waals surface area (Å²) in [6.07, 6.45) is 10.7. The first-order valence-electron chi connectivity index (χ1n) is 10.2. The minimum absolute atomic E-state index is 0.0421. The number of carbonyl (C=O) groups is 1. The molecule has 0 radical (unpaired) electrons. The number of oxazole rings is 1. The van der Waals surface area contributed by atoms with E-state index in [0.717, 1.165) is 16.5 Å². The van der Waals surface area contributed by atoms with Gasteiger partial charge in [-0.3, -0.25) is 19.7 Å². The molecule has 34 heavy (non-hydrogen) atoms. The van der Waals surface area contributed by atoms with Crippen molar-refractivity contribution in [3.05, 3.63) is 91.4 Å². The third-order valence-corrected chi connectivity index (χ3v) is 5.22. The second kappa shape index (κ2) is 8.68. The van der Waals surface area contributed by atoms with Gasteiger partial charge in [0.25, 0.3) is 11.5 Å². The predicted molar refractivity (Wildman–Crippen MR) is 122 cm³/mol. The minimum Gasteiger partial charge on any atom is -0.480 e. The number of carbonyl (C=O) groups excluding carboxylic acids is 1. The van der Waals surface area contributed by atoms with Crippen LogP contribution >= 0.6 is 0 Å². The Kier molecular flexibility index (Phi) is 5.40. The van der Waals surface area contributed by atoms with E-state index in [-0.39, 0.29) is 23.2 Å². The maximum Gasteiger partial charge on any atom is 0.272 e. The van der Waals surface area contributed by atoms with Crippen molar-refractivity contribution in [1.29, 1.82) is 0 Å². The topological polar surface area (TPSA) is 136 Å². The number of nitrogens with one attached hydrogen (secondary N) is 1. The summed E-state index contributed by atoms with van der Waals surface area (Å²) in [6.45, 7) is 0. The molecule has 5 aromatic rings. The summed E-state index contributed by atoms with van der Waals surface area (Å²) in [5, 5.41) is 15.0. The molecule has 10 heteroatoms. The first kappa shape index (κ1) is 21.2. The molecule has 0 saturated carbocycles. The first-order valence-corrected chi connectivity index (χ1v) is 10.2. The van der Waals surface area contributed by atoms with Crippen LogP contribution in [0.5, 0.6) is 5.88 Å². The van der Waals surface area contributed by atoms with E-state index in [2.05, 4.69) is 30.2 Å². The molecule has 0 fully saturated rings. The lowest BCUT2D eigenvalue weighted by Gasteiger charge is -2.23. The molecular weight excluding hydrogens is 436 g/mol. The van der Waals surface area contributed by atoms with Gasteiger partial charge in [0.1, 0.15) is 12.0 Å². The fourth-order valence-electron chi connectivity index (χ4n) is 3.58. The number of amides is 1. The highest BCUT2D eigenvalue weighted by molar-refractivity contribution is 6.01. The summed E-state index contributed by atoms with van der Waals surface area (Å²) < 4.78 is 10.6. The maximum absolute atomic E-state index is 13.5. The second-order valence-corrected chi connectivity index (χ2v) is 7.26. The largest absolute Gasteiger partial charge is 0.480 e. The predicted octanol–water partition coefficient (Wildman–Crippen LogP) is 2.96. The number of rotatable bonds is 6. The number of fused-ring (bicyclic) bond motifs is 1. The van der Waals surface area contributed by atoms with Crippen molar-refractivity contribution in [2.45, 2.75) is 5.60 Å². The van der Waals surface area contributed by atoms with Crippen molar-refractivity contribution in [3.8, 4) is 17.0 Å². The molecule has 0 aliphatic carbocycles. The average Bonchev–Trinajstić information content (AvgIpc) is 3.44. The molecule has 0 aliphatic heterocycles. The van der Waals surface area contributed by atoms with Gasteiger partial charge in [-0.05, 0) is 30.3 Å². The number of nitrogens with zero attached hydrogens (tertiary/aromatic N) is 5. The van der Waals surface area contributed by atoms with Gasteiger partial charge >= 0.3 is 0 Å². The van der Waals surface area contributed by atoms with Gasteiger partial charge in [-0.1, -0.05) is 6.07 Å². The second-order valence-electron chi connectivity index (χ2n) is 7.26. The fraction of sp³-hybridized carbons (Fsp3) is 0.0833. The Labute approximate surface area is 193 Å². The molecule has 1 amide bonds. The third-order valence-electron chi connectivity index (χ3n) is 5.22. The summed E-state index contributed by atoms with van der Waals surface area (Å²) in [7, 11) is 1.43. The Balaban J connectivity index is 1.58. The summed E-state index contributed by atoms with van der Waals surface area (Å²) in [6, 6.07) is 10.2. The number of methoxy groups -OCH3 is 1. The maximum atomic E-state index is 13.5. The molecule has 0 saturated heterocycles.